The van der Waals surface area contributed by atoms with Crippen LogP contribution in [0.1, 0.15) is 89.8 Å². The molecule has 0 aromatic carbocycles. The molecule has 5 heteroatoms. The summed E-state index contributed by atoms with van der Waals surface area (Å²) in [4.78, 5) is 19.4. The average Bonchev–Trinajstić information content (AvgIpc) is 3.11. The van der Waals surface area contributed by atoms with Gasteiger partial charge >= 0.3 is 0 Å². The highest BCUT2D eigenvalue weighted by molar-refractivity contribution is 5.79. The summed E-state index contributed by atoms with van der Waals surface area (Å²) >= 11 is 0. The van der Waals surface area contributed by atoms with Crippen LogP contribution in [0.15, 0.2) is 4.52 Å². The number of piperidine rings is 1. The number of hydrogen-bond donors (Lipinski definition) is 0. The fourth-order valence-corrected chi connectivity index (χ4v) is 3.54. The van der Waals surface area contributed by atoms with Crippen molar-refractivity contribution in [2.75, 3.05) is 13.1 Å². The van der Waals surface area contributed by atoms with E-state index in [1.807, 2.05) is 11.8 Å². The molecular formula is C19H33N3O2. The molecule has 1 fully saturated rings. The first-order valence-electron chi connectivity index (χ1n) is 9.80. The number of amides is 1. The van der Waals surface area contributed by atoms with Crippen molar-refractivity contribution < 1.29 is 9.32 Å². The van der Waals surface area contributed by atoms with E-state index in [2.05, 4.69) is 24.0 Å². The average molecular weight is 335 g/mol. The van der Waals surface area contributed by atoms with E-state index in [0.29, 0.717) is 11.8 Å². The number of aryl methyl sites for hydroxylation is 1. The summed E-state index contributed by atoms with van der Waals surface area (Å²) in [5, 5.41) is 4.12. The number of unbranched alkanes of at least 4 members (excludes halogenated alkanes) is 3. The van der Waals surface area contributed by atoms with Gasteiger partial charge in [0, 0.05) is 31.3 Å². The highest BCUT2D eigenvalue weighted by Crippen LogP contribution is 2.27. The van der Waals surface area contributed by atoms with Gasteiger partial charge in [0.05, 0.1) is 0 Å². The third-order valence-electron chi connectivity index (χ3n) is 5.13. The number of rotatable bonds is 9. The minimum atomic E-state index is 0.178. The van der Waals surface area contributed by atoms with Crippen LogP contribution in [-0.4, -0.2) is 34.0 Å². The summed E-state index contributed by atoms with van der Waals surface area (Å²) in [6, 6.07) is 0. The fraction of sp³-hybridized carbons (Fsp3) is 0.842. The standard InChI is InChI=1S/C19H33N3O2/c1-4-7-8-9-11-15(5-2)19(23)22-13-10-12-16(14-22)18-20-17(6-3)24-21-18/h15-16H,4-14H2,1-3H3. The van der Waals surface area contributed by atoms with Crippen LogP contribution in [0.3, 0.4) is 0 Å². The van der Waals surface area contributed by atoms with Crippen LogP contribution in [-0.2, 0) is 11.2 Å². The number of aromatic nitrogens is 2. The first kappa shape index (κ1) is 18.9. The molecule has 1 aliphatic heterocycles. The Bertz CT molecular complexity index is 501. The van der Waals surface area contributed by atoms with Gasteiger partial charge in [-0.15, -0.1) is 0 Å². The zero-order chi connectivity index (χ0) is 17.4. The van der Waals surface area contributed by atoms with Crippen LogP contribution in [0.2, 0.25) is 0 Å². The van der Waals surface area contributed by atoms with Crippen molar-refractivity contribution in [3.05, 3.63) is 11.7 Å². The quantitative estimate of drug-likeness (QED) is 0.630. The van der Waals surface area contributed by atoms with Gasteiger partial charge < -0.3 is 9.42 Å². The van der Waals surface area contributed by atoms with Crippen molar-refractivity contribution in [3.63, 3.8) is 0 Å². The lowest BCUT2D eigenvalue weighted by Crippen LogP contribution is -2.42. The molecule has 2 heterocycles. The Labute approximate surface area is 146 Å². The Morgan fingerprint density at radius 2 is 2.12 bits per heavy atom. The van der Waals surface area contributed by atoms with E-state index in [0.717, 1.165) is 51.0 Å². The van der Waals surface area contributed by atoms with Crippen LogP contribution in [0.5, 0.6) is 0 Å². The maximum atomic E-state index is 12.9. The summed E-state index contributed by atoms with van der Waals surface area (Å²) in [6.45, 7) is 7.99. The number of nitrogens with zero attached hydrogens (tertiary/aromatic N) is 3. The predicted molar refractivity (Wildman–Crippen MR) is 94.8 cm³/mol. The van der Waals surface area contributed by atoms with Crippen molar-refractivity contribution in [2.45, 2.75) is 84.5 Å². The number of hydrogen-bond acceptors (Lipinski definition) is 4. The minimum absolute atomic E-state index is 0.178. The van der Waals surface area contributed by atoms with Crippen LogP contribution in [0, 0.1) is 5.92 Å². The second-order valence-corrected chi connectivity index (χ2v) is 6.98. The first-order valence-corrected chi connectivity index (χ1v) is 9.80. The molecule has 1 saturated heterocycles. The van der Waals surface area contributed by atoms with E-state index < -0.39 is 0 Å². The van der Waals surface area contributed by atoms with E-state index in [9.17, 15) is 4.79 Å². The lowest BCUT2D eigenvalue weighted by atomic mass is 9.93. The maximum Gasteiger partial charge on any atom is 0.226 e. The van der Waals surface area contributed by atoms with E-state index in [-0.39, 0.29) is 11.8 Å². The number of likely N-dealkylation sites (tertiary alicyclic amines) is 1. The van der Waals surface area contributed by atoms with Crippen molar-refractivity contribution >= 4 is 5.91 Å². The normalized spacial score (nSPS) is 19.5. The molecule has 136 valence electrons. The minimum Gasteiger partial charge on any atom is -0.342 e. The highest BCUT2D eigenvalue weighted by atomic mass is 16.5. The highest BCUT2D eigenvalue weighted by Gasteiger charge is 2.30. The zero-order valence-electron chi connectivity index (χ0n) is 15.6. The number of carbonyl (C=O) groups excluding carboxylic acids is 1. The molecule has 1 amide bonds. The number of carbonyl (C=O) groups is 1. The molecule has 0 saturated carbocycles. The van der Waals surface area contributed by atoms with Crippen LogP contribution < -0.4 is 0 Å². The molecule has 0 radical (unpaired) electrons. The molecule has 0 bridgehead atoms. The van der Waals surface area contributed by atoms with Gasteiger partial charge in [0.2, 0.25) is 11.8 Å². The Hall–Kier alpha value is -1.39. The molecule has 1 aromatic rings. The maximum absolute atomic E-state index is 12.9. The van der Waals surface area contributed by atoms with Gasteiger partial charge in [-0.25, -0.2) is 0 Å². The molecule has 0 spiro atoms. The Kier molecular flexibility index (Phi) is 7.73. The van der Waals surface area contributed by atoms with Gasteiger partial charge in [-0.3, -0.25) is 4.79 Å². The molecular weight excluding hydrogens is 302 g/mol. The van der Waals surface area contributed by atoms with Gasteiger partial charge in [-0.2, -0.15) is 4.98 Å². The lowest BCUT2D eigenvalue weighted by Gasteiger charge is -2.33. The second kappa shape index (κ2) is 9.80. The molecule has 1 aliphatic rings. The van der Waals surface area contributed by atoms with Crippen LogP contribution >= 0.6 is 0 Å². The summed E-state index contributed by atoms with van der Waals surface area (Å²) in [6.07, 6.45) is 9.71. The van der Waals surface area contributed by atoms with E-state index >= 15 is 0 Å². The molecule has 1 aromatic heterocycles. The second-order valence-electron chi connectivity index (χ2n) is 6.98. The van der Waals surface area contributed by atoms with Crippen LogP contribution in [0.4, 0.5) is 0 Å². The van der Waals surface area contributed by atoms with Crippen LogP contribution in [0.25, 0.3) is 0 Å². The molecule has 2 rings (SSSR count). The topological polar surface area (TPSA) is 59.2 Å². The molecule has 5 nitrogen and oxygen atoms in total. The summed E-state index contributed by atoms with van der Waals surface area (Å²) in [5.74, 6) is 2.20. The van der Waals surface area contributed by atoms with E-state index in [4.69, 9.17) is 4.52 Å². The van der Waals surface area contributed by atoms with Gasteiger partial charge in [-0.1, -0.05) is 51.6 Å². The van der Waals surface area contributed by atoms with Gasteiger partial charge in [0.25, 0.3) is 0 Å². The van der Waals surface area contributed by atoms with Gasteiger partial charge in [-0.05, 0) is 25.7 Å². The van der Waals surface area contributed by atoms with Crippen molar-refractivity contribution in [1.29, 1.82) is 0 Å². The summed E-state index contributed by atoms with van der Waals surface area (Å²) in [5.41, 5.74) is 0. The summed E-state index contributed by atoms with van der Waals surface area (Å²) in [7, 11) is 0. The predicted octanol–water partition coefficient (Wildman–Crippen LogP) is 4.33. The molecule has 24 heavy (non-hydrogen) atoms. The van der Waals surface area contributed by atoms with E-state index in [1.165, 1.54) is 25.7 Å². The smallest absolute Gasteiger partial charge is 0.226 e. The third kappa shape index (κ3) is 5.05. The van der Waals surface area contributed by atoms with Crippen molar-refractivity contribution in [2.24, 2.45) is 5.92 Å². The Morgan fingerprint density at radius 1 is 1.29 bits per heavy atom. The zero-order valence-corrected chi connectivity index (χ0v) is 15.6. The first-order chi connectivity index (χ1) is 11.7. The Balaban J connectivity index is 1.90. The fourth-order valence-electron chi connectivity index (χ4n) is 3.54. The Morgan fingerprint density at radius 3 is 2.79 bits per heavy atom. The van der Waals surface area contributed by atoms with E-state index in [1.54, 1.807) is 0 Å². The van der Waals surface area contributed by atoms with Gasteiger partial charge in [0.15, 0.2) is 5.82 Å². The lowest BCUT2D eigenvalue weighted by molar-refractivity contribution is -0.137. The monoisotopic (exact) mass is 335 g/mol. The third-order valence-corrected chi connectivity index (χ3v) is 5.13. The molecule has 0 aliphatic carbocycles. The summed E-state index contributed by atoms with van der Waals surface area (Å²) < 4.78 is 5.24. The molecule has 2 atom stereocenters. The SMILES string of the molecule is CCCCCCC(CC)C(=O)N1CCCC(c2noc(CC)n2)C1. The van der Waals surface area contributed by atoms with Crippen molar-refractivity contribution in [1.82, 2.24) is 15.0 Å². The van der Waals surface area contributed by atoms with Gasteiger partial charge in [0.1, 0.15) is 0 Å². The van der Waals surface area contributed by atoms with Crippen molar-refractivity contribution in [3.8, 4) is 0 Å². The molecule has 2 unspecified atom stereocenters. The largest absolute Gasteiger partial charge is 0.342 e. The molecule has 0 N–H and O–H groups in total.